The van der Waals surface area contributed by atoms with Gasteiger partial charge in [-0.05, 0) is 32.1 Å². The first-order valence-electron chi connectivity index (χ1n) is 7.21. The number of carboxylic acid groups (broad SMARTS) is 1. The van der Waals surface area contributed by atoms with Gasteiger partial charge in [-0.2, -0.15) is 0 Å². The summed E-state index contributed by atoms with van der Waals surface area (Å²) in [6.07, 6.45) is 2.34. The molecule has 0 atom stereocenters. The van der Waals surface area contributed by atoms with Crippen molar-refractivity contribution < 1.29 is 19.4 Å². The Balaban J connectivity index is 2.36. The maximum Gasteiger partial charge on any atom is 0.303 e. The minimum absolute atomic E-state index is 0.00423. The van der Waals surface area contributed by atoms with Crippen LogP contribution in [0.25, 0.3) is 0 Å². The quantitative estimate of drug-likeness (QED) is 0.548. The molecule has 0 aromatic heterocycles. The number of rotatable bonds is 12. The first kappa shape index (κ1) is 16.4. The molecule has 112 valence electrons. The van der Waals surface area contributed by atoms with Gasteiger partial charge < -0.3 is 14.6 Å². The van der Waals surface area contributed by atoms with Crippen molar-refractivity contribution in [2.75, 3.05) is 46.1 Å². The zero-order valence-electron chi connectivity index (χ0n) is 12.2. The summed E-state index contributed by atoms with van der Waals surface area (Å²) in [5.74, 6) is -0.688. The summed E-state index contributed by atoms with van der Waals surface area (Å²) in [4.78, 5) is 13.2. The predicted octanol–water partition coefficient (Wildman–Crippen LogP) is 1.62. The summed E-state index contributed by atoms with van der Waals surface area (Å²) in [7, 11) is 0. The van der Waals surface area contributed by atoms with Gasteiger partial charge in [0.05, 0.1) is 19.6 Å². The van der Waals surface area contributed by atoms with Crippen LogP contribution in [0.5, 0.6) is 0 Å². The molecule has 0 unspecified atom stereocenters. The second-order valence-electron chi connectivity index (χ2n) is 5.24. The SMILES string of the molecule is CCOCCN(CCOCC)CC1(CC(=O)O)CC1. The molecule has 1 N–H and O–H groups in total. The molecule has 0 amide bonds. The summed E-state index contributed by atoms with van der Waals surface area (Å²) in [6.45, 7) is 9.36. The van der Waals surface area contributed by atoms with Crippen LogP contribution in [-0.4, -0.2) is 62.0 Å². The van der Waals surface area contributed by atoms with Gasteiger partial charge in [0.2, 0.25) is 0 Å². The lowest BCUT2D eigenvalue weighted by Crippen LogP contribution is -2.36. The molecule has 1 aliphatic carbocycles. The number of nitrogens with zero attached hydrogens (tertiary/aromatic N) is 1. The fraction of sp³-hybridized carbons (Fsp3) is 0.929. The third-order valence-corrected chi connectivity index (χ3v) is 3.55. The van der Waals surface area contributed by atoms with Crippen LogP contribution in [0.4, 0.5) is 0 Å². The number of hydrogen-bond donors (Lipinski definition) is 1. The fourth-order valence-electron chi connectivity index (χ4n) is 2.31. The summed E-state index contributed by atoms with van der Waals surface area (Å²) in [5.41, 5.74) is 0.00423. The van der Waals surface area contributed by atoms with Gasteiger partial charge in [-0.25, -0.2) is 0 Å². The highest BCUT2D eigenvalue weighted by molar-refractivity contribution is 5.68. The van der Waals surface area contributed by atoms with Crippen molar-refractivity contribution in [3.05, 3.63) is 0 Å². The highest BCUT2D eigenvalue weighted by Gasteiger charge is 2.45. The predicted molar refractivity (Wildman–Crippen MR) is 73.3 cm³/mol. The Kier molecular flexibility index (Phi) is 7.34. The molecule has 0 radical (unpaired) electrons. The van der Waals surface area contributed by atoms with Crippen LogP contribution in [0.3, 0.4) is 0 Å². The first-order chi connectivity index (χ1) is 9.12. The Morgan fingerprint density at radius 3 is 2.05 bits per heavy atom. The molecule has 5 nitrogen and oxygen atoms in total. The zero-order chi connectivity index (χ0) is 14.1. The van der Waals surface area contributed by atoms with Crippen molar-refractivity contribution in [3.8, 4) is 0 Å². The van der Waals surface area contributed by atoms with E-state index in [2.05, 4.69) is 4.90 Å². The van der Waals surface area contributed by atoms with Gasteiger partial charge in [0.1, 0.15) is 0 Å². The Morgan fingerprint density at radius 1 is 1.16 bits per heavy atom. The average Bonchev–Trinajstić information content (AvgIpc) is 3.08. The van der Waals surface area contributed by atoms with Crippen LogP contribution in [0, 0.1) is 5.41 Å². The standard InChI is InChI=1S/C14H27NO4/c1-3-18-9-7-15(8-10-19-4-2)12-14(5-6-14)11-13(16)17/h3-12H2,1-2H3,(H,16,17). The summed E-state index contributed by atoms with van der Waals surface area (Å²) in [5, 5.41) is 8.96. The molecule has 0 spiro atoms. The van der Waals surface area contributed by atoms with E-state index in [1.54, 1.807) is 0 Å². The number of hydrogen-bond acceptors (Lipinski definition) is 4. The lowest BCUT2D eigenvalue weighted by molar-refractivity contribution is -0.138. The van der Waals surface area contributed by atoms with Crippen molar-refractivity contribution in [1.82, 2.24) is 4.90 Å². The molecule has 1 saturated carbocycles. The smallest absolute Gasteiger partial charge is 0.303 e. The maximum absolute atomic E-state index is 10.9. The zero-order valence-corrected chi connectivity index (χ0v) is 12.2. The minimum Gasteiger partial charge on any atom is -0.481 e. The number of aliphatic carboxylic acids is 1. The van der Waals surface area contributed by atoms with Gasteiger partial charge in [-0.3, -0.25) is 9.69 Å². The van der Waals surface area contributed by atoms with E-state index in [0.29, 0.717) is 13.2 Å². The Hall–Kier alpha value is -0.650. The average molecular weight is 273 g/mol. The van der Waals surface area contributed by atoms with Gasteiger partial charge in [-0.1, -0.05) is 0 Å². The number of carboxylic acids is 1. The Morgan fingerprint density at radius 2 is 1.68 bits per heavy atom. The van der Waals surface area contributed by atoms with E-state index in [-0.39, 0.29) is 11.8 Å². The van der Waals surface area contributed by atoms with Crippen LogP contribution in [-0.2, 0) is 14.3 Å². The van der Waals surface area contributed by atoms with E-state index >= 15 is 0 Å². The Bertz CT molecular complexity index is 256. The van der Waals surface area contributed by atoms with Crippen molar-refractivity contribution in [3.63, 3.8) is 0 Å². The van der Waals surface area contributed by atoms with Crippen LogP contribution in [0.1, 0.15) is 33.1 Å². The highest BCUT2D eigenvalue weighted by atomic mass is 16.5. The van der Waals surface area contributed by atoms with Gasteiger partial charge >= 0.3 is 5.97 Å². The maximum atomic E-state index is 10.9. The van der Waals surface area contributed by atoms with E-state index in [1.165, 1.54) is 0 Å². The molecular formula is C14H27NO4. The van der Waals surface area contributed by atoms with E-state index < -0.39 is 5.97 Å². The van der Waals surface area contributed by atoms with Crippen LogP contribution < -0.4 is 0 Å². The lowest BCUT2D eigenvalue weighted by Gasteiger charge is -2.26. The Labute approximate surface area is 115 Å². The third-order valence-electron chi connectivity index (χ3n) is 3.55. The molecule has 0 aromatic rings. The molecule has 0 bridgehead atoms. The van der Waals surface area contributed by atoms with E-state index in [4.69, 9.17) is 14.6 Å². The van der Waals surface area contributed by atoms with Gasteiger partial charge in [0.25, 0.3) is 0 Å². The topological polar surface area (TPSA) is 59.0 Å². The highest BCUT2D eigenvalue weighted by Crippen LogP contribution is 2.49. The molecule has 19 heavy (non-hydrogen) atoms. The van der Waals surface area contributed by atoms with Crippen LogP contribution in [0.15, 0.2) is 0 Å². The van der Waals surface area contributed by atoms with Gasteiger partial charge in [0.15, 0.2) is 0 Å². The first-order valence-corrected chi connectivity index (χ1v) is 7.21. The summed E-state index contributed by atoms with van der Waals surface area (Å²) in [6, 6.07) is 0. The van der Waals surface area contributed by atoms with E-state index in [1.807, 2.05) is 13.8 Å². The monoisotopic (exact) mass is 273 g/mol. The summed E-state index contributed by atoms with van der Waals surface area (Å²) < 4.78 is 10.8. The van der Waals surface area contributed by atoms with Crippen molar-refractivity contribution >= 4 is 5.97 Å². The molecule has 0 aromatic carbocycles. The number of ether oxygens (including phenoxy) is 2. The lowest BCUT2D eigenvalue weighted by atomic mass is 10.0. The second kappa shape index (κ2) is 8.51. The second-order valence-corrected chi connectivity index (χ2v) is 5.24. The van der Waals surface area contributed by atoms with E-state index in [0.717, 1.165) is 45.7 Å². The minimum atomic E-state index is -0.688. The molecule has 0 heterocycles. The normalized spacial score (nSPS) is 16.8. The van der Waals surface area contributed by atoms with Crippen LogP contribution >= 0.6 is 0 Å². The fourth-order valence-corrected chi connectivity index (χ4v) is 2.31. The van der Waals surface area contributed by atoms with E-state index in [9.17, 15) is 4.79 Å². The number of carbonyl (C=O) groups is 1. The largest absolute Gasteiger partial charge is 0.481 e. The van der Waals surface area contributed by atoms with Crippen molar-refractivity contribution in [2.24, 2.45) is 5.41 Å². The van der Waals surface area contributed by atoms with Crippen molar-refractivity contribution in [2.45, 2.75) is 33.1 Å². The van der Waals surface area contributed by atoms with Crippen LogP contribution in [0.2, 0.25) is 0 Å². The van der Waals surface area contributed by atoms with Crippen molar-refractivity contribution in [1.29, 1.82) is 0 Å². The van der Waals surface area contributed by atoms with Gasteiger partial charge in [-0.15, -0.1) is 0 Å². The molecule has 5 heteroatoms. The molecule has 0 aliphatic heterocycles. The molecule has 1 aliphatic rings. The third kappa shape index (κ3) is 6.89. The molecule has 0 saturated heterocycles. The molecular weight excluding hydrogens is 246 g/mol. The molecule has 1 rings (SSSR count). The summed E-state index contributed by atoms with van der Waals surface area (Å²) >= 11 is 0. The van der Waals surface area contributed by atoms with Gasteiger partial charge in [0, 0.05) is 32.8 Å². The molecule has 1 fully saturated rings.